The molecule has 0 amide bonds. The first-order chi connectivity index (χ1) is 11.8. The van der Waals surface area contributed by atoms with E-state index in [4.69, 9.17) is 17.0 Å². The Balaban J connectivity index is 2.11. The average Bonchev–Trinajstić information content (AvgIpc) is 2.59. The molecule has 0 saturated carbocycles. The number of benzene rings is 2. The lowest BCUT2D eigenvalue weighted by Gasteiger charge is -2.14. The minimum atomic E-state index is -4.48. The van der Waals surface area contributed by atoms with Gasteiger partial charge in [-0.3, -0.25) is 5.43 Å². The van der Waals surface area contributed by atoms with Crippen LogP contribution in [-0.4, -0.2) is 17.9 Å². The zero-order valence-corrected chi connectivity index (χ0v) is 14.3. The summed E-state index contributed by atoms with van der Waals surface area (Å²) in [5, 5.41) is 6.56. The highest BCUT2D eigenvalue weighted by atomic mass is 32.1. The van der Waals surface area contributed by atoms with Crippen LogP contribution >= 0.6 is 12.2 Å². The van der Waals surface area contributed by atoms with Crippen LogP contribution in [0.3, 0.4) is 0 Å². The molecule has 0 unspecified atom stereocenters. The lowest BCUT2D eigenvalue weighted by molar-refractivity contribution is -0.136. The minimum Gasteiger partial charge on any atom is -0.496 e. The summed E-state index contributed by atoms with van der Waals surface area (Å²) < 4.78 is 44.2. The van der Waals surface area contributed by atoms with Gasteiger partial charge in [0.2, 0.25) is 0 Å². The fourth-order valence-corrected chi connectivity index (χ4v) is 2.28. The van der Waals surface area contributed by atoms with Crippen molar-refractivity contribution in [2.45, 2.75) is 13.1 Å². The monoisotopic (exact) mass is 367 g/mol. The van der Waals surface area contributed by atoms with Crippen LogP contribution in [0.1, 0.15) is 18.1 Å². The highest BCUT2D eigenvalue weighted by Crippen LogP contribution is 2.34. The standard InChI is InChI=1S/C17H16F3N3OS/c1-11(12-7-3-6-10-15(12)24-2)22-23-16(25)21-14-9-5-4-8-13(14)17(18,19)20/h3-10H,1-2H3,(H2,21,23,25). The number of methoxy groups -OCH3 is 1. The second-order valence-electron chi connectivity index (χ2n) is 5.01. The molecule has 2 aromatic carbocycles. The molecule has 0 aliphatic heterocycles. The van der Waals surface area contributed by atoms with E-state index in [-0.39, 0.29) is 10.8 Å². The van der Waals surface area contributed by atoms with Gasteiger partial charge < -0.3 is 10.1 Å². The first-order valence-electron chi connectivity index (χ1n) is 7.24. The summed E-state index contributed by atoms with van der Waals surface area (Å²) >= 11 is 5.02. The van der Waals surface area contributed by atoms with E-state index in [2.05, 4.69) is 15.8 Å². The maximum atomic E-state index is 13.0. The third kappa shape index (κ3) is 4.93. The van der Waals surface area contributed by atoms with Gasteiger partial charge in [0.15, 0.2) is 5.11 Å². The molecule has 0 atom stereocenters. The number of ether oxygens (including phenoxy) is 1. The fraction of sp³-hybridized carbons (Fsp3) is 0.176. The SMILES string of the molecule is COc1ccccc1C(C)=NNC(=S)Nc1ccccc1C(F)(F)F. The summed E-state index contributed by atoms with van der Waals surface area (Å²) in [5.74, 6) is 0.631. The molecule has 8 heteroatoms. The van der Waals surface area contributed by atoms with Crippen LogP contribution < -0.4 is 15.5 Å². The molecule has 0 fully saturated rings. The largest absolute Gasteiger partial charge is 0.496 e. The molecule has 2 N–H and O–H groups in total. The Morgan fingerprint density at radius 1 is 1.08 bits per heavy atom. The van der Waals surface area contributed by atoms with Gasteiger partial charge in [0.25, 0.3) is 0 Å². The molecule has 0 radical (unpaired) electrons. The smallest absolute Gasteiger partial charge is 0.418 e. The van der Waals surface area contributed by atoms with E-state index < -0.39 is 11.7 Å². The van der Waals surface area contributed by atoms with Gasteiger partial charge in [-0.2, -0.15) is 18.3 Å². The number of hydrazone groups is 1. The van der Waals surface area contributed by atoms with E-state index in [9.17, 15) is 13.2 Å². The van der Waals surface area contributed by atoms with Crippen molar-refractivity contribution in [2.75, 3.05) is 12.4 Å². The maximum Gasteiger partial charge on any atom is 0.418 e. The maximum absolute atomic E-state index is 13.0. The van der Waals surface area contributed by atoms with Crippen molar-refractivity contribution < 1.29 is 17.9 Å². The predicted molar refractivity (Wildman–Crippen MR) is 96.0 cm³/mol. The van der Waals surface area contributed by atoms with E-state index in [0.717, 1.165) is 11.6 Å². The van der Waals surface area contributed by atoms with Crippen LogP contribution in [0, 0.1) is 0 Å². The number of halogens is 3. The lowest BCUT2D eigenvalue weighted by atomic mass is 10.1. The summed E-state index contributed by atoms with van der Waals surface area (Å²) in [6.45, 7) is 1.73. The number of thiocarbonyl (C=S) groups is 1. The average molecular weight is 367 g/mol. The van der Waals surface area contributed by atoms with Crippen LogP contribution in [0.5, 0.6) is 5.75 Å². The van der Waals surface area contributed by atoms with Gasteiger partial charge >= 0.3 is 6.18 Å². The molecule has 0 aliphatic rings. The number of rotatable bonds is 4. The molecule has 0 spiro atoms. The van der Waals surface area contributed by atoms with Crippen molar-refractivity contribution in [1.29, 1.82) is 0 Å². The Bertz CT molecular complexity index is 791. The number of hydrogen-bond acceptors (Lipinski definition) is 3. The van der Waals surface area contributed by atoms with Crippen molar-refractivity contribution in [1.82, 2.24) is 5.43 Å². The van der Waals surface area contributed by atoms with E-state index >= 15 is 0 Å². The normalized spacial score (nSPS) is 11.8. The van der Waals surface area contributed by atoms with Gasteiger partial charge in [-0.25, -0.2) is 0 Å². The summed E-state index contributed by atoms with van der Waals surface area (Å²) in [6.07, 6.45) is -4.48. The molecular formula is C17H16F3N3OS. The number of hydrogen-bond donors (Lipinski definition) is 2. The molecule has 4 nitrogen and oxygen atoms in total. The molecule has 25 heavy (non-hydrogen) atoms. The van der Waals surface area contributed by atoms with Gasteiger partial charge in [-0.05, 0) is 43.4 Å². The van der Waals surface area contributed by atoms with Crippen molar-refractivity contribution in [2.24, 2.45) is 5.10 Å². The molecule has 2 aromatic rings. The second-order valence-corrected chi connectivity index (χ2v) is 5.42. The Morgan fingerprint density at radius 2 is 1.72 bits per heavy atom. The molecule has 0 aromatic heterocycles. The van der Waals surface area contributed by atoms with Crippen LogP contribution in [0.25, 0.3) is 0 Å². The predicted octanol–water partition coefficient (Wildman–Crippen LogP) is 4.42. The molecular weight excluding hydrogens is 351 g/mol. The Hall–Kier alpha value is -2.61. The zero-order chi connectivity index (χ0) is 18.4. The number of para-hydroxylation sites is 2. The van der Waals surface area contributed by atoms with Crippen LogP contribution in [0.2, 0.25) is 0 Å². The summed E-state index contributed by atoms with van der Waals surface area (Å²) in [5.41, 5.74) is 2.92. The highest BCUT2D eigenvalue weighted by Gasteiger charge is 2.33. The quantitative estimate of drug-likeness (QED) is 0.477. The number of anilines is 1. The van der Waals surface area contributed by atoms with E-state index in [0.29, 0.717) is 11.5 Å². The Kier molecular flexibility index (Phi) is 5.97. The topological polar surface area (TPSA) is 45.6 Å². The second kappa shape index (κ2) is 7.98. The van der Waals surface area contributed by atoms with Gasteiger partial charge in [0.1, 0.15) is 5.75 Å². The third-order valence-electron chi connectivity index (χ3n) is 3.30. The van der Waals surface area contributed by atoms with Gasteiger partial charge in [0.05, 0.1) is 24.1 Å². The molecule has 0 heterocycles. The fourth-order valence-electron chi connectivity index (χ4n) is 2.13. The number of nitrogens with one attached hydrogen (secondary N) is 2. The van der Waals surface area contributed by atoms with Crippen LogP contribution in [0.15, 0.2) is 53.6 Å². The summed E-state index contributed by atoms with van der Waals surface area (Å²) in [4.78, 5) is 0. The summed E-state index contributed by atoms with van der Waals surface area (Å²) in [7, 11) is 1.54. The minimum absolute atomic E-state index is 0.0500. The van der Waals surface area contributed by atoms with Gasteiger partial charge in [-0.15, -0.1) is 0 Å². The van der Waals surface area contributed by atoms with Crippen molar-refractivity contribution in [3.8, 4) is 5.75 Å². The molecule has 132 valence electrons. The van der Waals surface area contributed by atoms with E-state index in [1.807, 2.05) is 18.2 Å². The van der Waals surface area contributed by atoms with Crippen LogP contribution in [-0.2, 0) is 6.18 Å². The Labute approximate surface area is 148 Å². The van der Waals surface area contributed by atoms with E-state index in [1.54, 1.807) is 20.1 Å². The van der Waals surface area contributed by atoms with Gasteiger partial charge in [-0.1, -0.05) is 24.3 Å². The number of nitrogens with zero attached hydrogens (tertiary/aromatic N) is 1. The first kappa shape index (κ1) is 18.7. The van der Waals surface area contributed by atoms with Crippen molar-refractivity contribution >= 4 is 28.7 Å². The van der Waals surface area contributed by atoms with Crippen LogP contribution in [0.4, 0.5) is 18.9 Å². The van der Waals surface area contributed by atoms with Crippen molar-refractivity contribution in [3.63, 3.8) is 0 Å². The molecule has 0 saturated heterocycles. The van der Waals surface area contributed by atoms with Crippen molar-refractivity contribution in [3.05, 3.63) is 59.7 Å². The number of alkyl halides is 3. The lowest BCUT2D eigenvalue weighted by Crippen LogP contribution is -2.26. The zero-order valence-electron chi connectivity index (χ0n) is 13.5. The Morgan fingerprint density at radius 3 is 2.40 bits per heavy atom. The summed E-state index contributed by atoms with van der Waals surface area (Å²) in [6, 6.07) is 12.3. The third-order valence-corrected chi connectivity index (χ3v) is 3.50. The first-order valence-corrected chi connectivity index (χ1v) is 7.64. The van der Waals surface area contributed by atoms with E-state index in [1.165, 1.54) is 18.2 Å². The molecule has 0 bridgehead atoms. The highest BCUT2D eigenvalue weighted by molar-refractivity contribution is 7.80. The molecule has 0 aliphatic carbocycles. The van der Waals surface area contributed by atoms with Gasteiger partial charge in [0, 0.05) is 5.56 Å². The molecule has 2 rings (SSSR count).